The van der Waals surface area contributed by atoms with Crippen LogP contribution >= 0.6 is 0 Å². The number of ether oxygens (including phenoxy) is 3. The third-order valence-corrected chi connectivity index (χ3v) is 6.88. The largest absolute Gasteiger partial charge is 0.494 e. The number of aryl methyl sites for hydroxylation is 1. The zero-order chi connectivity index (χ0) is 27.8. The average Bonchev–Trinajstić information content (AvgIpc) is 2.94. The quantitative estimate of drug-likeness (QED) is 0.0984. The van der Waals surface area contributed by atoms with Crippen molar-refractivity contribution < 1.29 is 23.5 Å². The van der Waals surface area contributed by atoms with E-state index in [0.717, 1.165) is 68.6 Å². The summed E-state index contributed by atoms with van der Waals surface area (Å²) >= 11 is 0. The molecular weight excluding hydrogens is 486 g/mol. The van der Waals surface area contributed by atoms with Crippen molar-refractivity contribution in [2.24, 2.45) is 0 Å². The predicted octanol–water partition coefficient (Wildman–Crippen LogP) is 7.24. The van der Waals surface area contributed by atoms with Crippen molar-refractivity contribution in [2.45, 2.75) is 64.0 Å². The maximum Gasteiger partial charge on any atom is 0.364 e. The van der Waals surface area contributed by atoms with Gasteiger partial charge in [-0.1, -0.05) is 86.3 Å². The minimum Gasteiger partial charge on any atom is -0.494 e. The van der Waals surface area contributed by atoms with E-state index >= 15 is 0 Å². The first-order valence-corrected chi connectivity index (χ1v) is 14.3. The van der Waals surface area contributed by atoms with E-state index in [2.05, 4.69) is 45.4 Å². The summed E-state index contributed by atoms with van der Waals surface area (Å²) < 4.78 is 18.0. The Bertz CT molecular complexity index is 1060. The van der Waals surface area contributed by atoms with Crippen LogP contribution in [-0.4, -0.2) is 50.9 Å². The molecule has 3 rings (SSSR count). The van der Waals surface area contributed by atoms with Gasteiger partial charge < -0.3 is 18.7 Å². The maximum absolute atomic E-state index is 12.8. The van der Waals surface area contributed by atoms with Crippen LogP contribution in [-0.2, 0) is 22.6 Å². The molecule has 0 unspecified atom stereocenters. The van der Waals surface area contributed by atoms with Gasteiger partial charge >= 0.3 is 5.97 Å². The summed E-state index contributed by atoms with van der Waals surface area (Å²) in [6.45, 7) is 1.79. The van der Waals surface area contributed by atoms with Crippen molar-refractivity contribution in [3.05, 3.63) is 96.1 Å². The molecule has 5 heteroatoms. The van der Waals surface area contributed by atoms with E-state index in [1.54, 1.807) is 0 Å². The SMILES string of the molecule is C[N+](C)(C)[C@@H](CCc1ccccc1)C(=O)OCCCCCCCCOc1ccc(OCc2ccccc2)cc1. The molecular formula is C34H46NO4+. The van der Waals surface area contributed by atoms with Gasteiger partial charge in [-0.25, -0.2) is 4.79 Å². The smallest absolute Gasteiger partial charge is 0.364 e. The second kappa shape index (κ2) is 16.6. The normalized spacial score (nSPS) is 12.1. The number of unbranched alkanes of at least 4 members (excludes halogenated alkanes) is 5. The third kappa shape index (κ3) is 12.0. The molecule has 1 atom stereocenters. The molecule has 0 N–H and O–H groups in total. The Labute approximate surface area is 235 Å². The molecule has 5 nitrogen and oxygen atoms in total. The van der Waals surface area contributed by atoms with Crippen LogP contribution in [0.1, 0.15) is 56.1 Å². The van der Waals surface area contributed by atoms with E-state index in [1.807, 2.05) is 60.7 Å². The van der Waals surface area contributed by atoms with E-state index in [9.17, 15) is 4.79 Å². The Hall–Kier alpha value is -3.31. The molecule has 0 bridgehead atoms. The number of carbonyl (C=O) groups is 1. The van der Waals surface area contributed by atoms with Gasteiger partial charge in [-0.05, 0) is 54.7 Å². The van der Waals surface area contributed by atoms with Crippen LogP contribution in [0.15, 0.2) is 84.9 Å². The van der Waals surface area contributed by atoms with Crippen LogP contribution in [0.25, 0.3) is 0 Å². The Morgan fingerprint density at radius 3 is 1.74 bits per heavy atom. The average molecular weight is 533 g/mol. The highest BCUT2D eigenvalue weighted by atomic mass is 16.5. The Morgan fingerprint density at radius 1 is 0.641 bits per heavy atom. The fraction of sp³-hybridized carbons (Fsp3) is 0.441. The van der Waals surface area contributed by atoms with E-state index in [1.165, 1.54) is 12.0 Å². The lowest BCUT2D eigenvalue weighted by molar-refractivity contribution is -0.887. The first-order valence-electron chi connectivity index (χ1n) is 14.3. The number of benzene rings is 3. The Morgan fingerprint density at radius 2 is 1.15 bits per heavy atom. The van der Waals surface area contributed by atoms with Crippen molar-refractivity contribution in [3.8, 4) is 11.5 Å². The number of hydrogen-bond donors (Lipinski definition) is 0. The molecule has 0 fully saturated rings. The van der Waals surface area contributed by atoms with E-state index in [0.29, 0.717) is 17.7 Å². The standard InChI is InChI=1S/C34H46NO4/c1-35(2,3)33(25-20-29-16-10-8-11-17-29)34(36)38-27-15-7-5-4-6-14-26-37-31-21-23-32(24-22-31)39-28-30-18-12-9-13-19-30/h8-13,16-19,21-24,33H,4-7,14-15,20,25-28H2,1-3H3/q+1/t33-/m0/s1. The highest BCUT2D eigenvalue weighted by Crippen LogP contribution is 2.19. The molecule has 3 aromatic carbocycles. The van der Waals surface area contributed by atoms with E-state index < -0.39 is 0 Å². The topological polar surface area (TPSA) is 44.8 Å². The summed E-state index contributed by atoms with van der Waals surface area (Å²) in [5.74, 6) is 1.64. The molecule has 0 amide bonds. The van der Waals surface area contributed by atoms with Crippen LogP contribution in [0.4, 0.5) is 0 Å². The van der Waals surface area contributed by atoms with Gasteiger partial charge in [0.2, 0.25) is 0 Å². The molecule has 0 radical (unpaired) electrons. The third-order valence-electron chi connectivity index (χ3n) is 6.88. The van der Waals surface area contributed by atoms with Gasteiger partial charge in [0.05, 0.1) is 34.4 Å². The second-order valence-electron chi connectivity index (χ2n) is 11.0. The fourth-order valence-corrected chi connectivity index (χ4v) is 4.51. The van der Waals surface area contributed by atoms with Gasteiger partial charge in [-0.15, -0.1) is 0 Å². The molecule has 0 aliphatic heterocycles. The summed E-state index contributed by atoms with van der Waals surface area (Å²) in [6.07, 6.45) is 8.17. The maximum atomic E-state index is 12.8. The van der Waals surface area contributed by atoms with Gasteiger partial charge in [-0.2, -0.15) is 0 Å². The fourth-order valence-electron chi connectivity index (χ4n) is 4.51. The van der Waals surface area contributed by atoms with E-state index in [-0.39, 0.29) is 12.0 Å². The molecule has 0 aliphatic carbocycles. The lowest BCUT2D eigenvalue weighted by Gasteiger charge is -2.32. The lowest BCUT2D eigenvalue weighted by atomic mass is 10.0. The molecule has 210 valence electrons. The van der Waals surface area contributed by atoms with Crippen molar-refractivity contribution in [1.29, 1.82) is 0 Å². The molecule has 0 aromatic heterocycles. The summed E-state index contributed by atoms with van der Waals surface area (Å²) in [4.78, 5) is 12.8. The molecule has 0 heterocycles. The first kappa shape index (κ1) is 30.2. The van der Waals surface area contributed by atoms with Crippen LogP contribution < -0.4 is 9.47 Å². The molecule has 39 heavy (non-hydrogen) atoms. The minimum atomic E-state index is -0.150. The molecule has 0 saturated heterocycles. The van der Waals surface area contributed by atoms with Crippen molar-refractivity contribution in [2.75, 3.05) is 34.4 Å². The lowest BCUT2D eigenvalue weighted by Crippen LogP contribution is -2.50. The number of rotatable bonds is 18. The molecule has 0 saturated carbocycles. The second-order valence-corrected chi connectivity index (χ2v) is 11.0. The summed E-state index contributed by atoms with van der Waals surface area (Å²) in [6, 6.07) is 28.2. The van der Waals surface area contributed by atoms with Crippen LogP contribution in [0.3, 0.4) is 0 Å². The molecule has 3 aromatic rings. The number of likely N-dealkylation sites (N-methyl/N-ethyl adjacent to an activating group) is 1. The summed E-state index contributed by atoms with van der Waals surface area (Å²) in [5.41, 5.74) is 2.41. The monoisotopic (exact) mass is 532 g/mol. The molecule has 0 spiro atoms. The number of quaternary nitrogens is 1. The number of hydrogen-bond acceptors (Lipinski definition) is 4. The van der Waals surface area contributed by atoms with Crippen molar-refractivity contribution in [1.82, 2.24) is 0 Å². The van der Waals surface area contributed by atoms with Gasteiger partial charge in [0, 0.05) is 6.42 Å². The van der Waals surface area contributed by atoms with Crippen molar-refractivity contribution >= 4 is 5.97 Å². The number of carbonyl (C=O) groups excluding carboxylic acids is 1. The number of nitrogens with zero attached hydrogens (tertiary/aromatic N) is 1. The Balaban J connectivity index is 1.20. The summed E-state index contributed by atoms with van der Waals surface area (Å²) in [5, 5.41) is 0. The van der Waals surface area contributed by atoms with Gasteiger partial charge in [-0.3, -0.25) is 0 Å². The zero-order valence-electron chi connectivity index (χ0n) is 24.0. The van der Waals surface area contributed by atoms with Crippen molar-refractivity contribution in [3.63, 3.8) is 0 Å². The van der Waals surface area contributed by atoms with E-state index in [4.69, 9.17) is 14.2 Å². The summed E-state index contributed by atoms with van der Waals surface area (Å²) in [7, 11) is 6.20. The number of esters is 1. The first-order chi connectivity index (χ1) is 18.9. The van der Waals surface area contributed by atoms with Gasteiger partial charge in [0.25, 0.3) is 0 Å². The molecule has 0 aliphatic rings. The van der Waals surface area contributed by atoms with Gasteiger partial charge in [0.1, 0.15) is 18.1 Å². The van der Waals surface area contributed by atoms with Gasteiger partial charge in [0.15, 0.2) is 6.04 Å². The van der Waals surface area contributed by atoms with Crippen LogP contribution in [0.5, 0.6) is 11.5 Å². The predicted molar refractivity (Wildman–Crippen MR) is 158 cm³/mol. The highest BCUT2D eigenvalue weighted by Gasteiger charge is 2.32. The van der Waals surface area contributed by atoms with Crippen LogP contribution in [0.2, 0.25) is 0 Å². The highest BCUT2D eigenvalue weighted by molar-refractivity contribution is 5.74. The zero-order valence-corrected chi connectivity index (χ0v) is 24.0. The Kier molecular flexibility index (Phi) is 12.9. The van der Waals surface area contributed by atoms with Crippen LogP contribution in [0, 0.1) is 0 Å². The minimum absolute atomic E-state index is 0.0774.